The largest absolute Gasteiger partial charge is 0.497 e. The average molecular weight is 306 g/mol. The minimum atomic E-state index is 0.332. The molecular formula is C19H18N2O2. The molecule has 0 saturated carbocycles. The maximum Gasteiger partial charge on any atom is 0.128 e. The van der Waals surface area contributed by atoms with Gasteiger partial charge in [0.15, 0.2) is 0 Å². The van der Waals surface area contributed by atoms with E-state index in [-0.39, 0.29) is 0 Å². The molecule has 0 atom stereocenters. The lowest BCUT2D eigenvalue weighted by Gasteiger charge is -2.10. The standard InChI is InChI=1S/C19H18N2O2/c1-12-4-6-17-15(10-12)14(8-9-20)19(21-17)16-11-13(22-2)5-7-18(16)23-3/h4-7,10-11,21H,8H2,1-3H3. The topological polar surface area (TPSA) is 58.0 Å². The van der Waals surface area contributed by atoms with Crippen LogP contribution >= 0.6 is 0 Å². The Morgan fingerprint density at radius 3 is 2.61 bits per heavy atom. The fraction of sp³-hybridized carbons (Fsp3) is 0.211. The fourth-order valence-corrected chi connectivity index (χ4v) is 2.86. The number of nitriles is 1. The smallest absolute Gasteiger partial charge is 0.128 e. The monoisotopic (exact) mass is 306 g/mol. The van der Waals surface area contributed by atoms with Crippen LogP contribution in [-0.2, 0) is 6.42 Å². The molecule has 0 spiro atoms. The third kappa shape index (κ3) is 2.62. The van der Waals surface area contributed by atoms with E-state index in [4.69, 9.17) is 9.47 Å². The number of fused-ring (bicyclic) bond motifs is 1. The second-order valence-electron chi connectivity index (χ2n) is 5.43. The van der Waals surface area contributed by atoms with Crippen LogP contribution in [0.1, 0.15) is 11.1 Å². The molecule has 4 nitrogen and oxygen atoms in total. The Balaban J connectivity index is 2.31. The van der Waals surface area contributed by atoms with E-state index >= 15 is 0 Å². The minimum absolute atomic E-state index is 0.332. The Labute approximate surface area is 135 Å². The molecule has 0 saturated heterocycles. The van der Waals surface area contributed by atoms with Gasteiger partial charge < -0.3 is 14.5 Å². The molecule has 1 N–H and O–H groups in total. The van der Waals surface area contributed by atoms with Gasteiger partial charge in [-0.2, -0.15) is 5.26 Å². The van der Waals surface area contributed by atoms with E-state index in [0.29, 0.717) is 6.42 Å². The van der Waals surface area contributed by atoms with Gasteiger partial charge >= 0.3 is 0 Å². The van der Waals surface area contributed by atoms with Gasteiger partial charge in [0.1, 0.15) is 11.5 Å². The van der Waals surface area contributed by atoms with Crippen LogP contribution in [0, 0.1) is 18.3 Å². The number of rotatable bonds is 4. The molecule has 0 radical (unpaired) electrons. The van der Waals surface area contributed by atoms with E-state index in [2.05, 4.69) is 23.2 Å². The molecule has 4 heteroatoms. The lowest BCUT2D eigenvalue weighted by atomic mass is 10.0. The first-order chi connectivity index (χ1) is 11.2. The van der Waals surface area contributed by atoms with Crippen LogP contribution in [0.3, 0.4) is 0 Å². The Morgan fingerprint density at radius 2 is 1.91 bits per heavy atom. The van der Waals surface area contributed by atoms with Gasteiger partial charge in [-0.3, -0.25) is 0 Å². The predicted octanol–water partition coefficient (Wildman–Crippen LogP) is 4.23. The van der Waals surface area contributed by atoms with E-state index in [0.717, 1.165) is 39.2 Å². The highest BCUT2D eigenvalue weighted by atomic mass is 16.5. The molecular weight excluding hydrogens is 288 g/mol. The van der Waals surface area contributed by atoms with Gasteiger partial charge in [0, 0.05) is 16.5 Å². The molecule has 1 aromatic heterocycles. The number of methoxy groups -OCH3 is 2. The van der Waals surface area contributed by atoms with Crippen molar-refractivity contribution in [2.45, 2.75) is 13.3 Å². The first kappa shape index (κ1) is 15.0. The van der Waals surface area contributed by atoms with Gasteiger partial charge in [0.2, 0.25) is 0 Å². The van der Waals surface area contributed by atoms with Gasteiger partial charge in [0.05, 0.1) is 32.4 Å². The van der Waals surface area contributed by atoms with Crippen molar-refractivity contribution in [1.82, 2.24) is 4.98 Å². The second-order valence-corrected chi connectivity index (χ2v) is 5.43. The Morgan fingerprint density at radius 1 is 1.09 bits per heavy atom. The van der Waals surface area contributed by atoms with E-state index in [1.54, 1.807) is 14.2 Å². The molecule has 0 aliphatic heterocycles. The zero-order chi connectivity index (χ0) is 16.4. The lowest BCUT2D eigenvalue weighted by Crippen LogP contribution is -1.93. The van der Waals surface area contributed by atoms with Crippen molar-refractivity contribution in [3.63, 3.8) is 0 Å². The molecule has 0 fully saturated rings. The van der Waals surface area contributed by atoms with Gasteiger partial charge in [-0.05, 0) is 42.8 Å². The van der Waals surface area contributed by atoms with Crippen LogP contribution in [0.25, 0.3) is 22.2 Å². The lowest BCUT2D eigenvalue weighted by molar-refractivity contribution is 0.404. The molecule has 3 aromatic rings. The molecule has 23 heavy (non-hydrogen) atoms. The molecule has 2 aromatic carbocycles. The summed E-state index contributed by atoms with van der Waals surface area (Å²) in [4.78, 5) is 3.43. The first-order valence-corrected chi connectivity index (χ1v) is 7.38. The molecule has 0 bridgehead atoms. The van der Waals surface area contributed by atoms with Crippen LogP contribution in [0.4, 0.5) is 0 Å². The van der Waals surface area contributed by atoms with Crippen LogP contribution in [0.2, 0.25) is 0 Å². The first-order valence-electron chi connectivity index (χ1n) is 7.38. The number of hydrogen-bond acceptors (Lipinski definition) is 3. The summed E-state index contributed by atoms with van der Waals surface area (Å²) >= 11 is 0. The van der Waals surface area contributed by atoms with Gasteiger partial charge in [-0.1, -0.05) is 11.6 Å². The number of benzene rings is 2. The SMILES string of the molecule is COc1ccc(OC)c(-c2[nH]c3ccc(C)cc3c2CC#N)c1. The number of aromatic amines is 1. The van der Waals surface area contributed by atoms with Crippen molar-refractivity contribution in [1.29, 1.82) is 5.26 Å². The summed E-state index contributed by atoms with van der Waals surface area (Å²) in [7, 11) is 3.28. The molecule has 0 amide bonds. The zero-order valence-electron chi connectivity index (χ0n) is 13.4. The van der Waals surface area contributed by atoms with Gasteiger partial charge in [-0.25, -0.2) is 0 Å². The summed E-state index contributed by atoms with van der Waals surface area (Å²) in [6.45, 7) is 2.05. The van der Waals surface area contributed by atoms with E-state index < -0.39 is 0 Å². The number of nitrogens with zero attached hydrogens (tertiary/aromatic N) is 1. The summed E-state index contributed by atoms with van der Waals surface area (Å²) in [6, 6.07) is 14.1. The summed E-state index contributed by atoms with van der Waals surface area (Å²) in [5, 5.41) is 10.3. The van der Waals surface area contributed by atoms with Gasteiger partial charge in [-0.15, -0.1) is 0 Å². The van der Waals surface area contributed by atoms with Crippen molar-refractivity contribution in [2.24, 2.45) is 0 Å². The highest BCUT2D eigenvalue weighted by Gasteiger charge is 2.17. The molecule has 1 heterocycles. The van der Waals surface area contributed by atoms with E-state index in [9.17, 15) is 5.26 Å². The normalized spacial score (nSPS) is 10.5. The summed E-state index contributed by atoms with van der Waals surface area (Å²) in [5.41, 5.74) is 4.96. The van der Waals surface area contributed by atoms with Crippen molar-refractivity contribution >= 4 is 10.9 Å². The van der Waals surface area contributed by atoms with Crippen LogP contribution in [0.5, 0.6) is 11.5 Å². The Hall–Kier alpha value is -2.93. The van der Waals surface area contributed by atoms with Crippen molar-refractivity contribution in [3.05, 3.63) is 47.5 Å². The van der Waals surface area contributed by atoms with Crippen molar-refractivity contribution in [3.8, 4) is 28.8 Å². The number of H-pyrrole nitrogens is 1. The van der Waals surface area contributed by atoms with E-state index in [1.807, 2.05) is 31.2 Å². The number of aryl methyl sites for hydroxylation is 1. The predicted molar refractivity (Wildman–Crippen MR) is 90.9 cm³/mol. The molecule has 116 valence electrons. The van der Waals surface area contributed by atoms with Crippen LogP contribution < -0.4 is 9.47 Å². The average Bonchev–Trinajstić information content (AvgIpc) is 2.92. The number of hydrogen-bond donors (Lipinski definition) is 1. The number of aromatic nitrogens is 1. The summed E-state index contributed by atoms with van der Waals surface area (Å²) in [6.07, 6.45) is 0.332. The maximum atomic E-state index is 9.25. The Bertz CT molecular complexity index is 904. The maximum absolute atomic E-state index is 9.25. The Kier molecular flexibility index (Phi) is 3.94. The van der Waals surface area contributed by atoms with Crippen molar-refractivity contribution in [2.75, 3.05) is 14.2 Å². The fourth-order valence-electron chi connectivity index (χ4n) is 2.86. The molecule has 0 aliphatic carbocycles. The second kappa shape index (κ2) is 6.05. The van der Waals surface area contributed by atoms with Gasteiger partial charge in [0.25, 0.3) is 0 Å². The molecule has 0 aliphatic rings. The van der Waals surface area contributed by atoms with Crippen LogP contribution in [0.15, 0.2) is 36.4 Å². The highest BCUT2D eigenvalue weighted by Crippen LogP contribution is 2.38. The summed E-state index contributed by atoms with van der Waals surface area (Å²) < 4.78 is 10.8. The molecule has 3 rings (SSSR count). The third-order valence-electron chi connectivity index (χ3n) is 3.99. The van der Waals surface area contributed by atoms with Crippen LogP contribution in [-0.4, -0.2) is 19.2 Å². The molecule has 0 unspecified atom stereocenters. The third-order valence-corrected chi connectivity index (χ3v) is 3.99. The van der Waals surface area contributed by atoms with Crippen molar-refractivity contribution < 1.29 is 9.47 Å². The number of ether oxygens (including phenoxy) is 2. The van der Waals surface area contributed by atoms with E-state index in [1.165, 1.54) is 5.56 Å². The quantitative estimate of drug-likeness (QED) is 0.785. The number of nitrogens with one attached hydrogen (secondary N) is 1. The summed E-state index contributed by atoms with van der Waals surface area (Å²) in [5.74, 6) is 1.49. The minimum Gasteiger partial charge on any atom is -0.497 e. The zero-order valence-corrected chi connectivity index (χ0v) is 13.4. The highest BCUT2D eigenvalue weighted by molar-refractivity contribution is 5.92.